The van der Waals surface area contributed by atoms with Crippen molar-refractivity contribution in [2.75, 3.05) is 57.6 Å². The van der Waals surface area contributed by atoms with Gasteiger partial charge in [-0.05, 0) is 6.92 Å². The molecule has 1 aliphatic heterocycles. The number of nitrogens with zero attached hydrogens (tertiary/aromatic N) is 3. The highest BCUT2D eigenvalue weighted by Crippen LogP contribution is 2.03. The highest BCUT2D eigenvalue weighted by molar-refractivity contribution is 7.85. The number of carbonyl (C=O) groups excluding carboxylic acids is 1. The van der Waals surface area contributed by atoms with Crippen LogP contribution in [0.5, 0.6) is 0 Å². The predicted molar refractivity (Wildman–Crippen MR) is 105 cm³/mol. The van der Waals surface area contributed by atoms with Crippen LogP contribution in [-0.4, -0.2) is 87.6 Å². The summed E-state index contributed by atoms with van der Waals surface area (Å²) in [6.07, 6.45) is 0. The minimum Gasteiger partial charge on any atom is -0.377 e. The van der Waals surface area contributed by atoms with Crippen LogP contribution in [0, 0.1) is 0 Å². The molecule has 28 heavy (non-hydrogen) atoms. The molecule has 1 aromatic heterocycles. The molecule has 0 aliphatic carbocycles. The molecule has 0 radical (unpaired) electrons. The van der Waals surface area contributed by atoms with Crippen molar-refractivity contribution < 1.29 is 18.5 Å². The summed E-state index contributed by atoms with van der Waals surface area (Å²) < 4.78 is 23.6. The molecular formula is C17H29N5O5S. The van der Waals surface area contributed by atoms with Crippen LogP contribution in [-0.2, 0) is 38.2 Å². The normalized spacial score (nSPS) is 15.6. The molecule has 1 fully saturated rings. The molecule has 2 N–H and O–H groups in total. The zero-order chi connectivity index (χ0) is 20.4. The SMILES string of the molecule is C=C(C)C(=O)NCCOCCOCCn1[nH]nc(CN2CCS(=O)CC2)c1=O. The first-order valence-corrected chi connectivity index (χ1v) is 10.8. The quantitative estimate of drug-likeness (QED) is 0.327. The number of hydrogen-bond donors (Lipinski definition) is 2. The molecule has 158 valence electrons. The summed E-state index contributed by atoms with van der Waals surface area (Å²) in [5.74, 6) is 1.11. The first kappa shape index (κ1) is 22.5. The summed E-state index contributed by atoms with van der Waals surface area (Å²) in [7, 11) is -0.735. The van der Waals surface area contributed by atoms with Gasteiger partial charge < -0.3 is 14.8 Å². The first-order chi connectivity index (χ1) is 13.5. The molecule has 2 heterocycles. The average molecular weight is 416 g/mol. The maximum Gasteiger partial charge on any atom is 0.291 e. The molecule has 0 saturated carbocycles. The number of carbonyl (C=O) groups is 1. The van der Waals surface area contributed by atoms with Crippen molar-refractivity contribution >= 4 is 16.7 Å². The Morgan fingerprint density at radius 2 is 1.93 bits per heavy atom. The summed E-state index contributed by atoms with van der Waals surface area (Å²) in [6, 6.07) is 0. The standard InChI is InChI=1S/C17H29N5O5S/c1-14(2)16(23)18-3-7-26-9-10-27-8-4-22-17(24)15(19-20-22)13-21-5-11-28(25)12-6-21/h20H,1,3-13H2,2H3,(H,18,23). The molecule has 0 atom stereocenters. The van der Waals surface area contributed by atoms with E-state index in [0.29, 0.717) is 68.8 Å². The van der Waals surface area contributed by atoms with Crippen LogP contribution in [0.25, 0.3) is 0 Å². The smallest absolute Gasteiger partial charge is 0.291 e. The van der Waals surface area contributed by atoms with Crippen molar-refractivity contribution in [2.24, 2.45) is 0 Å². The first-order valence-electron chi connectivity index (χ1n) is 9.28. The van der Waals surface area contributed by atoms with E-state index in [2.05, 4.69) is 27.1 Å². The third-order valence-electron chi connectivity index (χ3n) is 4.19. The number of hydrogen-bond acceptors (Lipinski definition) is 7. The van der Waals surface area contributed by atoms with Gasteiger partial charge in [0.2, 0.25) is 5.91 Å². The fourth-order valence-electron chi connectivity index (χ4n) is 2.54. The number of aromatic amines is 1. The monoisotopic (exact) mass is 415 g/mol. The lowest BCUT2D eigenvalue weighted by Gasteiger charge is -2.24. The number of rotatable bonds is 12. The second-order valence-corrected chi connectivity index (χ2v) is 8.20. The Morgan fingerprint density at radius 1 is 1.25 bits per heavy atom. The lowest BCUT2D eigenvalue weighted by Crippen LogP contribution is -2.38. The van der Waals surface area contributed by atoms with Crippen LogP contribution in [0.4, 0.5) is 0 Å². The van der Waals surface area contributed by atoms with Gasteiger partial charge in [-0.1, -0.05) is 6.58 Å². The van der Waals surface area contributed by atoms with Crippen LogP contribution in [0.15, 0.2) is 16.9 Å². The summed E-state index contributed by atoms with van der Waals surface area (Å²) in [4.78, 5) is 25.7. The van der Waals surface area contributed by atoms with E-state index in [9.17, 15) is 13.8 Å². The molecule has 0 bridgehead atoms. The van der Waals surface area contributed by atoms with Crippen LogP contribution in [0.1, 0.15) is 12.6 Å². The second kappa shape index (κ2) is 11.9. The highest BCUT2D eigenvalue weighted by Gasteiger charge is 2.18. The largest absolute Gasteiger partial charge is 0.377 e. The fraction of sp³-hybridized carbons (Fsp3) is 0.706. The number of aromatic nitrogens is 3. The Labute approximate surface area is 166 Å². The Bertz CT molecular complexity index is 722. The Kier molecular flexibility index (Phi) is 9.55. The van der Waals surface area contributed by atoms with Gasteiger partial charge in [-0.15, -0.1) is 0 Å². The maximum atomic E-state index is 12.3. The molecule has 1 saturated heterocycles. The van der Waals surface area contributed by atoms with Gasteiger partial charge in [0, 0.05) is 54.1 Å². The fourth-order valence-corrected chi connectivity index (χ4v) is 3.66. The molecule has 1 aromatic rings. The van der Waals surface area contributed by atoms with Crippen LogP contribution in [0.3, 0.4) is 0 Å². The molecule has 11 heteroatoms. The number of H-pyrrole nitrogens is 1. The van der Waals surface area contributed by atoms with Crippen molar-refractivity contribution in [3.63, 3.8) is 0 Å². The zero-order valence-electron chi connectivity index (χ0n) is 16.3. The molecule has 2 rings (SSSR count). The van der Waals surface area contributed by atoms with Gasteiger partial charge in [0.05, 0.1) is 33.0 Å². The summed E-state index contributed by atoms with van der Waals surface area (Å²) >= 11 is 0. The molecule has 0 spiro atoms. The summed E-state index contributed by atoms with van der Waals surface area (Å²) in [5, 5.41) is 9.48. The molecule has 0 aromatic carbocycles. The summed E-state index contributed by atoms with van der Waals surface area (Å²) in [5.41, 5.74) is 0.778. The predicted octanol–water partition coefficient (Wildman–Crippen LogP) is -1.14. The lowest BCUT2D eigenvalue weighted by atomic mass is 10.3. The molecule has 1 aliphatic rings. The third-order valence-corrected chi connectivity index (χ3v) is 5.47. The van der Waals surface area contributed by atoms with Gasteiger partial charge in [-0.3, -0.25) is 18.7 Å². The molecule has 10 nitrogen and oxygen atoms in total. The molecular weight excluding hydrogens is 386 g/mol. The van der Waals surface area contributed by atoms with E-state index >= 15 is 0 Å². The van der Waals surface area contributed by atoms with Gasteiger partial charge in [0.1, 0.15) is 5.69 Å². The van der Waals surface area contributed by atoms with E-state index in [1.807, 2.05) is 0 Å². The van der Waals surface area contributed by atoms with Crippen molar-refractivity contribution in [2.45, 2.75) is 20.0 Å². The van der Waals surface area contributed by atoms with Gasteiger partial charge in [-0.2, -0.15) is 5.10 Å². The second-order valence-electron chi connectivity index (χ2n) is 6.50. The Balaban J connectivity index is 1.55. The van der Waals surface area contributed by atoms with Gasteiger partial charge in [0.15, 0.2) is 0 Å². The third kappa shape index (κ3) is 7.66. The maximum absolute atomic E-state index is 12.3. The lowest BCUT2D eigenvalue weighted by molar-refractivity contribution is -0.117. The Hall–Kier alpha value is -1.82. The number of amides is 1. The number of ether oxygens (including phenoxy) is 2. The van der Waals surface area contributed by atoms with E-state index in [1.54, 1.807) is 6.92 Å². The van der Waals surface area contributed by atoms with Crippen LogP contribution >= 0.6 is 0 Å². The van der Waals surface area contributed by atoms with E-state index in [0.717, 1.165) is 13.1 Å². The minimum atomic E-state index is -0.735. The zero-order valence-corrected chi connectivity index (χ0v) is 17.1. The van der Waals surface area contributed by atoms with Gasteiger partial charge in [-0.25, -0.2) is 9.90 Å². The topological polar surface area (TPSA) is 119 Å². The van der Waals surface area contributed by atoms with E-state index in [-0.39, 0.29) is 11.5 Å². The summed E-state index contributed by atoms with van der Waals surface area (Å²) in [6.45, 7) is 9.47. The van der Waals surface area contributed by atoms with E-state index in [1.165, 1.54) is 4.68 Å². The van der Waals surface area contributed by atoms with Crippen LogP contribution in [0.2, 0.25) is 0 Å². The van der Waals surface area contributed by atoms with Crippen molar-refractivity contribution in [1.29, 1.82) is 0 Å². The van der Waals surface area contributed by atoms with Gasteiger partial charge in [0.25, 0.3) is 5.56 Å². The van der Waals surface area contributed by atoms with Gasteiger partial charge >= 0.3 is 0 Å². The molecule has 1 amide bonds. The van der Waals surface area contributed by atoms with E-state index in [4.69, 9.17) is 9.47 Å². The van der Waals surface area contributed by atoms with Crippen molar-refractivity contribution in [1.82, 2.24) is 25.2 Å². The Morgan fingerprint density at radius 3 is 2.61 bits per heavy atom. The van der Waals surface area contributed by atoms with Crippen molar-refractivity contribution in [3.8, 4) is 0 Å². The van der Waals surface area contributed by atoms with Crippen molar-refractivity contribution in [3.05, 3.63) is 28.2 Å². The number of nitrogens with one attached hydrogen (secondary N) is 2. The highest BCUT2D eigenvalue weighted by atomic mass is 32.2. The molecule has 0 unspecified atom stereocenters. The average Bonchev–Trinajstić information content (AvgIpc) is 3.01. The van der Waals surface area contributed by atoms with Crippen LogP contribution < -0.4 is 10.9 Å². The van der Waals surface area contributed by atoms with E-state index < -0.39 is 10.8 Å². The minimum absolute atomic E-state index is 0.153.